The Hall–Kier alpha value is 0.310. The summed E-state index contributed by atoms with van der Waals surface area (Å²) in [6, 6.07) is 4.06. The molecule has 1 unspecified atom stereocenters. The number of nitrogens with one attached hydrogen (secondary N) is 2. The van der Waals surface area contributed by atoms with Gasteiger partial charge in [-0.3, -0.25) is 0 Å². The smallest absolute Gasteiger partial charge is 0.171 e. The molecule has 7 heteroatoms. The van der Waals surface area contributed by atoms with E-state index in [1.54, 1.807) is 7.11 Å². The summed E-state index contributed by atoms with van der Waals surface area (Å²) in [5, 5.41) is 6.84. The molecule has 0 aliphatic carbocycles. The molecule has 0 aliphatic heterocycles. The quantitative estimate of drug-likeness (QED) is 0.656. The topological polar surface area (TPSA) is 33.3 Å². The van der Waals surface area contributed by atoms with E-state index < -0.39 is 0 Å². The number of benzene rings is 1. The average molecular weight is 461 g/mol. The van der Waals surface area contributed by atoms with Gasteiger partial charge in [0.15, 0.2) is 5.11 Å². The Labute approximate surface area is 137 Å². The number of halogens is 3. The summed E-state index contributed by atoms with van der Waals surface area (Å²) >= 11 is 15.6. The molecule has 0 aliphatic rings. The first-order valence-electron chi connectivity index (χ1n) is 5.15. The molecular weight excluding hydrogens is 448 g/mol. The van der Waals surface area contributed by atoms with Gasteiger partial charge in [-0.05, 0) is 63.1 Å². The van der Waals surface area contributed by atoms with Crippen LogP contribution in [-0.4, -0.2) is 24.9 Å². The number of hydrogen-bond donors (Lipinski definition) is 2. The van der Waals surface area contributed by atoms with Crippen LogP contribution in [0.1, 0.15) is 6.92 Å². The lowest BCUT2D eigenvalue weighted by molar-refractivity contribution is 0.179. The van der Waals surface area contributed by atoms with Crippen LogP contribution in [-0.2, 0) is 4.74 Å². The predicted molar refractivity (Wildman–Crippen MR) is 90.2 cm³/mol. The fourth-order valence-corrected chi connectivity index (χ4v) is 4.09. The molecule has 18 heavy (non-hydrogen) atoms. The fraction of sp³-hybridized carbons (Fsp3) is 0.364. The third-order valence-electron chi connectivity index (χ3n) is 2.04. The number of anilines is 1. The van der Waals surface area contributed by atoms with E-state index in [0.717, 1.165) is 19.1 Å². The Morgan fingerprint density at radius 3 is 2.39 bits per heavy atom. The molecule has 0 aromatic heterocycles. The number of rotatable bonds is 4. The van der Waals surface area contributed by atoms with E-state index in [4.69, 9.17) is 17.0 Å². The number of methoxy groups -OCH3 is 1. The molecular formula is C11H13Br3N2OS. The largest absolute Gasteiger partial charge is 0.383 e. The summed E-state index contributed by atoms with van der Waals surface area (Å²) in [6.07, 6.45) is 0. The minimum atomic E-state index is 0.156. The van der Waals surface area contributed by atoms with Gasteiger partial charge in [0, 0.05) is 26.6 Å². The summed E-state index contributed by atoms with van der Waals surface area (Å²) in [4.78, 5) is 0. The first-order chi connectivity index (χ1) is 8.43. The van der Waals surface area contributed by atoms with Crippen LogP contribution < -0.4 is 10.6 Å². The summed E-state index contributed by atoms with van der Waals surface area (Å²) in [6.45, 7) is 2.60. The Morgan fingerprint density at radius 1 is 1.33 bits per heavy atom. The summed E-state index contributed by atoms with van der Waals surface area (Å²) in [7, 11) is 1.66. The van der Waals surface area contributed by atoms with Crippen molar-refractivity contribution in [3.05, 3.63) is 25.6 Å². The highest BCUT2D eigenvalue weighted by atomic mass is 79.9. The monoisotopic (exact) mass is 458 g/mol. The van der Waals surface area contributed by atoms with Crippen LogP contribution in [0, 0.1) is 0 Å². The summed E-state index contributed by atoms with van der Waals surface area (Å²) in [5.74, 6) is 0. The minimum Gasteiger partial charge on any atom is -0.383 e. The molecule has 0 fully saturated rings. The number of hydrogen-bond acceptors (Lipinski definition) is 2. The molecule has 0 saturated heterocycles. The molecule has 1 aromatic carbocycles. The van der Waals surface area contributed by atoms with Crippen molar-refractivity contribution >= 4 is 70.8 Å². The van der Waals surface area contributed by atoms with Crippen LogP contribution in [0.2, 0.25) is 0 Å². The van der Waals surface area contributed by atoms with Gasteiger partial charge in [-0.15, -0.1) is 0 Å². The van der Waals surface area contributed by atoms with Gasteiger partial charge in [0.2, 0.25) is 0 Å². The third kappa shape index (κ3) is 5.13. The zero-order valence-corrected chi connectivity index (χ0v) is 15.5. The standard InChI is InChI=1S/C11H13Br3N2OS/c1-6(5-17-2)15-11(18)16-10-8(13)3-7(12)4-9(10)14/h3-4,6H,5H2,1-2H3,(H2,15,16,18). The molecule has 3 nitrogen and oxygen atoms in total. The molecule has 0 heterocycles. The van der Waals surface area contributed by atoms with Crippen molar-refractivity contribution in [2.45, 2.75) is 13.0 Å². The van der Waals surface area contributed by atoms with Gasteiger partial charge in [-0.1, -0.05) is 15.9 Å². The van der Waals surface area contributed by atoms with Gasteiger partial charge >= 0.3 is 0 Å². The maximum Gasteiger partial charge on any atom is 0.171 e. The van der Waals surface area contributed by atoms with Crippen molar-refractivity contribution in [1.29, 1.82) is 0 Å². The molecule has 0 bridgehead atoms. The van der Waals surface area contributed by atoms with Crippen molar-refractivity contribution in [1.82, 2.24) is 5.32 Å². The molecule has 1 rings (SSSR count). The van der Waals surface area contributed by atoms with Gasteiger partial charge < -0.3 is 15.4 Å². The van der Waals surface area contributed by atoms with Gasteiger partial charge in [-0.25, -0.2) is 0 Å². The van der Waals surface area contributed by atoms with Crippen LogP contribution in [0.4, 0.5) is 5.69 Å². The predicted octanol–water partition coefficient (Wildman–Crippen LogP) is 4.30. The Morgan fingerprint density at radius 2 is 1.89 bits per heavy atom. The lowest BCUT2D eigenvalue weighted by Crippen LogP contribution is -2.38. The van der Waals surface area contributed by atoms with Crippen LogP contribution in [0.3, 0.4) is 0 Å². The zero-order valence-electron chi connectivity index (χ0n) is 9.89. The molecule has 0 amide bonds. The van der Waals surface area contributed by atoms with E-state index in [1.807, 2.05) is 19.1 Å². The van der Waals surface area contributed by atoms with E-state index in [2.05, 4.69) is 58.4 Å². The maximum absolute atomic E-state index is 5.25. The first kappa shape index (κ1) is 16.4. The van der Waals surface area contributed by atoms with Crippen molar-refractivity contribution in [3.8, 4) is 0 Å². The van der Waals surface area contributed by atoms with E-state index in [9.17, 15) is 0 Å². The maximum atomic E-state index is 5.25. The molecule has 1 aromatic rings. The van der Waals surface area contributed by atoms with E-state index in [0.29, 0.717) is 11.7 Å². The van der Waals surface area contributed by atoms with Crippen LogP contribution in [0.15, 0.2) is 25.6 Å². The Bertz CT molecular complexity index is 419. The van der Waals surface area contributed by atoms with Gasteiger partial charge in [0.25, 0.3) is 0 Å². The van der Waals surface area contributed by atoms with Crippen molar-refractivity contribution in [2.24, 2.45) is 0 Å². The van der Waals surface area contributed by atoms with Crippen LogP contribution >= 0.6 is 60.0 Å². The van der Waals surface area contributed by atoms with Crippen LogP contribution in [0.5, 0.6) is 0 Å². The number of thiocarbonyl (C=S) groups is 1. The van der Waals surface area contributed by atoms with Crippen LogP contribution in [0.25, 0.3) is 0 Å². The van der Waals surface area contributed by atoms with Crippen molar-refractivity contribution in [3.63, 3.8) is 0 Å². The highest BCUT2D eigenvalue weighted by Gasteiger charge is 2.10. The lowest BCUT2D eigenvalue weighted by Gasteiger charge is -2.17. The SMILES string of the molecule is COCC(C)NC(=S)Nc1c(Br)cc(Br)cc1Br. The summed E-state index contributed by atoms with van der Waals surface area (Å²) in [5.41, 5.74) is 0.889. The van der Waals surface area contributed by atoms with Crippen molar-refractivity contribution in [2.75, 3.05) is 19.0 Å². The average Bonchev–Trinajstić information content (AvgIpc) is 2.23. The molecule has 0 saturated carbocycles. The normalized spacial score (nSPS) is 12.1. The lowest BCUT2D eigenvalue weighted by atomic mass is 10.3. The van der Waals surface area contributed by atoms with Crippen molar-refractivity contribution < 1.29 is 4.74 Å². The highest BCUT2D eigenvalue weighted by molar-refractivity contribution is 9.11. The molecule has 2 N–H and O–H groups in total. The van der Waals surface area contributed by atoms with Gasteiger partial charge in [-0.2, -0.15) is 0 Å². The third-order valence-corrected chi connectivity index (χ3v) is 3.97. The zero-order chi connectivity index (χ0) is 13.7. The molecule has 0 spiro atoms. The Kier molecular flexibility index (Phi) is 7.08. The second-order valence-electron chi connectivity index (χ2n) is 3.70. The highest BCUT2D eigenvalue weighted by Crippen LogP contribution is 2.34. The molecule has 100 valence electrons. The van der Waals surface area contributed by atoms with E-state index in [1.165, 1.54) is 0 Å². The van der Waals surface area contributed by atoms with Gasteiger partial charge in [0.05, 0.1) is 12.3 Å². The van der Waals surface area contributed by atoms with E-state index >= 15 is 0 Å². The fourth-order valence-electron chi connectivity index (χ4n) is 1.33. The Balaban J connectivity index is 2.70. The van der Waals surface area contributed by atoms with E-state index in [-0.39, 0.29) is 6.04 Å². The molecule has 1 atom stereocenters. The minimum absolute atomic E-state index is 0.156. The second-order valence-corrected chi connectivity index (χ2v) is 6.73. The second kappa shape index (κ2) is 7.79. The first-order valence-corrected chi connectivity index (χ1v) is 7.93. The summed E-state index contributed by atoms with van der Waals surface area (Å²) < 4.78 is 7.87. The van der Waals surface area contributed by atoms with Gasteiger partial charge in [0.1, 0.15) is 0 Å². The molecule has 0 radical (unpaired) electrons. The number of ether oxygens (including phenoxy) is 1.